The molecule has 0 aliphatic carbocycles. The van der Waals surface area contributed by atoms with Gasteiger partial charge in [-0.05, 0) is 43.5 Å². The number of rotatable bonds is 5. The number of hydrogen-bond donors (Lipinski definition) is 2. The van der Waals surface area contributed by atoms with Crippen LogP contribution in [0.25, 0.3) is 32.9 Å². The number of carbonyl (C=O) groups is 2. The first-order valence-electron chi connectivity index (χ1n) is 10.4. The molecule has 162 valence electrons. The topological polar surface area (TPSA) is 89.5 Å². The Kier molecular flexibility index (Phi) is 6.17. The Bertz CT molecular complexity index is 1290. The Morgan fingerprint density at radius 3 is 1.97 bits per heavy atom. The molecule has 0 unspecified atom stereocenters. The Balaban J connectivity index is 1.86. The first-order valence-corrected chi connectivity index (χ1v) is 10.4. The van der Waals surface area contributed by atoms with Crippen molar-refractivity contribution >= 4 is 45.2 Å². The molecule has 0 saturated carbocycles. The van der Waals surface area contributed by atoms with Crippen LogP contribution < -0.4 is 10.6 Å². The SMILES string of the molecule is CCOC(=O)Nc1ccc2c(c1)nc(-c1ccccc1)c1cc(NC(=O)OCC)ccc12. The average Bonchev–Trinajstić information content (AvgIpc) is 2.79. The molecule has 7 heteroatoms. The van der Waals surface area contributed by atoms with Gasteiger partial charge in [0.1, 0.15) is 0 Å². The van der Waals surface area contributed by atoms with Crippen molar-refractivity contribution in [1.82, 2.24) is 4.98 Å². The Morgan fingerprint density at radius 2 is 1.34 bits per heavy atom. The van der Waals surface area contributed by atoms with Gasteiger partial charge in [0.25, 0.3) is 0 Å². The zero-order valence-electron chi connectivity index (χ0n) is 17.8. The largest absolute Gasteiger partial charge is 0.450 e. The maximum Gasteiger partial charge on any atom is 0.411 e. The number of anilines is 2. The molecule has 3 aromatic carbocycles. The predicted octanol–water partition coefficient (Wildman–Crippen LogP) is 6.19. The van der Waals surface area contributed by atoms with Crippen molar-refractivity contribution in [2.75, 3.05) is 23.8 Å². The minimum Gasteiger partial charge on any atom is -0.450 e. The molecule has 0 aliphatic heterocycles. The summed E-state index contributed by atoms with van der Waals surface area (Å²) in [5.74, 6) is 0. The van der Waals surface area contributed by atoms with Gasteiger partial charge in [0, 0.05) is 27.7 Å². The van der Waals surface area contributed by atoms with Crippen LogP contribution in [-0.4, -0.2) is 30.4 Å². The highest BCUT2D eigenvalue weighted by molar-refractivity contribution is 6.12. The van der Waals surface area contributed by atoms with Gasteiger partial charge in [-0.2, -0.15) is 0 Å². The summed E-state index contributed by atoms with van der Waals surface area (Å²) in [6, 6.07) is 21.0. The quantitative estimate of drug-likeness (QED) is 0.369. The van der Waals surface area contributed by atoms with E-state index in [0.717, 1.165) is 32.9 Å². The molecule has 32 heavy (non-hydrogen) atoms. The molecule has 0 bridgehead atoms. The molecule has 2 N–H and O–H groups in total. The minimum absolute atomic E-state index is 0.294. The lowest BCUT2D eigenvalue weighted by atomic mass is 9.99. The highest BCUT2D eigenvalue weighted by atomic mass is 16.6. The molecule has 0 spiro atoms. The second kappa shape index (κ2) is 9.34. The maximum absolute atomic E-state index is 11.9. The van der Waals surface area contributed by atoms with Crippen molar-refractivity contribution in [2.24, 2.45) is 0 Å². The molecular formula is C25H23N3O4. The van der Waals surface area contributed by atoms with Crippen molar-refractivity contribution in [1.29, 1.82) is 0 Å². The smallest absolute Gasteiger partial charge is 0.411 e. The number of fused-ring (bicyclic) bond motifs is 3. The third-order valence-corrected chi connectivity index (χ3v) is 4.89. The molecule has 2 amide bonds. The van der Waals surface area contributed by atoms with Gasteiger partial charge in [-0.1, -0.05) is 42.5 Å². The summed E-state index contributed by atoms with van der Waals surface area (Å²) in [5, 5.41) is 8.27. The zero-order chi connectivity index (χ0) is 22.5. The second-order valence-electron chi connectivity index (χ2n) is 7.01. The number of hydrogen-bond acceptors (Lipinski definition) is 5. The van der Waals surface area contributed by atoms with Gasteiger partial charge in [0.05, 0.1) is 24.4 Å². The zero-order valence-corrected chi connectivity index (χ0v) is 17.8. The summed E-state index contributed by atoms with van der Waals surface area (Å²) in [5.41, 5.74) is 3.67. The van der Waals surface area contributed by atoms with Gasteiger partial charge >= 0.3 is 12.2 Å². The van der Waals surface area contributed by atoms with Crippen molar-refractivity contribution in [2.45, 2.75) is 13.8 Å². The van der Waals surface area contributed by atoms with Crippen LogP contribution in [0, 0.1) is 0 Å². The van der Waals surface area contributed by atoms with E-state index in [0.29, 0.717) is 24.6 Å². The Hall–Kier alpha value is -4.13. The summed E-state index contributed by atoms with van der Waals surface area (Å²) in [4.78, 5) is 28.6. The normalized spacial score (nSPS) is 10.7. The fraction of sp³-hybridized carbons (Fsp3) is 0.160. The minimum atomic E-state index is -0.509. The van der Waals surface area contributed by atoms with Crippen LogP contribution in [0.2, 0.25) is 0 Å². The number of nitrogens with one attached hydrogen (secondary N) is 2. The molecule has 4 rings (SSSR count). The number of amides is 2. The number of benzene rings is 3. The molecule has 1 aromatic heterocycles. The van der Waals surface area contributed by atoms with Crippen LogP contribution in [-0.2, 0) is 9.47 Å². The number of aromatic nitrogens is 1. The average molecular weight is 429 g/mol. The van der Waals surface area contributed by atoms with Crippen molar-refractivity contribution in [3.05, 3.63) is 66.7 Å². The number of carbonyl (C=O) groups excluding carboxylic acids is 2. The first-order chi connectivity index (χ1) is 15.6. The van der Waals surface area contributed by atoms with E-state index >= 15 is 0 Å². The number of pyridine rings is 1. The van der Waals surface area contributed by atoms with Crippen molar-refractivity contribution in [3.8, 4) is 11.3 Å². The third kappa shape index (κ3) is 4.46. The van der Waals surface area contributed by atoms with Crippen LogP contribution >= 0.6 is 0 Å². The Labute approximate surface area is 185 Å². The van der Waals surface area contributed by atoms with Crippen LogP contribution in [0.15, 0.2) is 66.7 Å². The van der Waals surface area contributed by atoms with E-state index in [1.54, 1.807) is 13.8 Å². The van der Waals surface area contributed by atoms with Crippen LogP contribution in [0.4, 0.5) is 21.0 Å². The lowest BCUT2D eigenvalue weighted by Crippen LogP contribution is -2.13. The van der Waals surface area contributed by atoms with E-state index in [-0.39, 0.29) is 0 Å². The van der Waals surface area contributed by atoms with Crippen LogP contribution in [0.5, 0.6) is 0 Å². The fourth-order valence-electron chi connectivity index (χ4n) is 3.55. The third-order valence-electron chi connectivity index (χ3n) is 4.89. The number of ether oxygens (including phenoxy) is 2. The summed E-state index contributed by atoms with van der Waals surface area (Å²) in [7, 11) is 0. The molecule has 7 nitrogen and oxygen atoms in total. The van der Waals surface area contributed by atoms with E-state index in [4.69, 9.17) is 14.5 Å². The van der Waals surface area contributed by atoms with Crippen LogP contribution in [0.1, 0.15) is 13.8 Å². The van der Waals surface area contributed by atoms with Gasteiger partial charge in [-0.15, -0.1) is 0 Å². The van der Waals surface area contributed by atoms with Gasteiger partial charge in [0.15, 0.2) is 0 Å². The number of nitrogens with zero attached hydrogens (tertiary/aromatic N) is 1. The molecule has 0 saturated heterocycles. The lowest BCUT2D eigenvalue weighted by molar-refractivity contribution is 0.167. The molecule has 4 aromatic rings. The summed E-state index contributed by atoms with van der Waals surface area (Å²) in [6.07, 6.45) is -1.01. The molecule has 0 fully saturated rings. The van der Waals surface area contributed by atoms with E-state index < -0.39 is 12.2 Å². The van der Waals surface area contributed by atoms with E-state index in [1.165, 1.54) is 0 Å². The molecule has 0 atom stereocenters. The highest BCUT2D eigenvalue weighted by Crippen LogP contribution is 2.35. The monoisotopic (exact) mass is 429 g/mol. The van der Waals surface area contributed by atoms with Gasteiger partial charge in [-0.25, -0.2) is 14.6 Å². The fourth-order valence-corrected chi connectivity index (χ4v) is 3.55. The van der Waals surface area contributed by atoms with Gasteiger partial charge < -0.3 is 9.47 Å². The van der Waals surface area contributed by atoms with Gasteiger partial charge in [-0.3, -0.25) is 10.6 Å². The van der Waals surface area contributed by atoms with E-state index in [9.17, 15) is 9.59 Å². The van der Waals surface area contributed by atoms with Crippen molar-refractivity contribution < 1.29 is 19.1 Å². The molecule has 0 aliphatic rings. The Morgan fingerprint density at radius 1 is 0.750 bits per heavy atom. The second-order valence-corrected chi connectivity index (χ2v) is 7.01. The summed E-state index contributed by atoms with van der Waals surface area (Å²) < 4.78 is 9.96. The maximum atomic E-state index is 11.9. The first kappa shape index (κ1) is 21.1. The van der Waals surface area contributed by atoms with Crippen LogP contribution in [0.3, 0.4) is 0 Å². The summed E-state index contributed by atoms with van der Waals surface area (Å²) in [6.45, 7) is 4.10. The lowest BCUT2D eigenvalue weighted by Gasteiger charge is -2.13. The van der Waals surface area contributed by atoms with E-state index in [1.807, 2.05) is 66.7 Å². The molecule has 1 heterocycles. The molecular weight excluding hydrogens is 406 g/mol. The predicted molar refractivity (Wildman–Crippen MR) is 126 cm³/mol. The highest BCUT2D eigenvalue weighted by Gasteiger charge is 2.13. The molecule has 0 radical (unpaired) electrons. The van der Waals surface area contributed by atoms with Crippen molar-refractivity contribution in [3.63, 3.8) is 0 Å². The standard InChI is InChI=1S/C25H23N3O4/c1-3-31-24(29)26-17-10-12-19-20-13-11-18(27-25(30)32-4-2)15-22(20)28-23(21(19)14-17)16-8-6-5-7-9-16/h5-15H,3-4H2,1-2H3,(H,26,29)(H,27,30). The summed E-state index contributed by atoms with van der Waals surface area (Å²) >= 11 is 0. The van der Waals surface area contributed by atoms with E-state index in [2.05, 4.69) is 10.6 Å². The van der Waals surface area contributed by atoms with Gasteiger partial charge in [0.2, 0.25) is 0 Å².